The lowest BCUT2D eigenvalue weighted by Gasteiger charge is -2.54. The molecule has 1 aromatic carbocycles. The molecule has 21 heavy (non-hydrogen) atoms. The predicted molar refractivity (Wildman–Crippen MR) is 82.0 cm³/mol. The third-order valence-electron chi connectivity index (χ3n) is 5.32. The van der Waals surface area contributed by atoms with Crippen LogP contribution in [-0.2, 0) is 10.3 Å². The van der Waals surface area contributed by atoms with E-state index in [2.05, 4.69) is 18.0 Å². The summed E-state index contributed by atoms with van der Waals surface area (Å²) < 4.78 is 6.14. The highest BCUT2D eigenvalue weighted by Crippen LogP contribution is 2.51. The quantitative estimate of drug-likeness (QED) is 0.925. The number of nitrogens with zero attached hydrogens (tertiary/aromatic N) is 1. The first-order valence-electron chi connectivity index (χ1n) is 7.72. The van der Waals surface area contributed by atoms with Gasteiger partial charge in [-0.15, -0.1) is 0 Å². The van der Waals surface area contributed by atoms with Crippen LogP contribution in [0.4, 0.5) is 0 Å². The highest BCUT2D eigenvalue weighted by Gasteiger charge is 2.52. The number of rotatable bonds is 3. The van der Waals surface area contributed by atoms with E-state index in [1.807, 2.05) is 19.2 Å². The number of piperidine rings is 1. The summed E-state index contributed by atoms with van der Waals surface area (Å²) in [6.07, 6.45) is 3.62. The maximum atomic E-state index is 11.5. The average Bonchev–Trinajstić information content (AvgIpc) is 2.46. The van der Waals surface area contributed by atoms with Crippen LogP contribution < -0.4 is 5.73 Å². The van der Waals surface area contributed by atoms with Gasteiger partial charge in [0.25, 0.3) is 0 Å². The van der Waals surface area contributed by atoms with Crippen LogP contribution in [0.15, 0.2) is 24.3 Å². The summed E-state index contributed by atoms with van der Waals surface area (Å²) in [5.74, 6) is 0.576. The van der Waals surface area contributed by atoms with Gasteiger partial charge in [-0.1, -0.05) is 18.6 Å². The van der Waals surface area contributed by atoms with Gasteiger partial charge in [0.05, 0.1) is 0 Å². The number of benzene rings is 1. The van der Waals surface area contributed by atoms with Crippen LogP contribution in [0.25, 0.3) is 0 Å². The minimum Gasteiger partial charge on any atom is -0.373 e. The summed E-state index contributed by atoms with van der Waals surface area (Å²) in [7, 11) is 4.00. The van der Waals surface area contributed by atoms with Crippen LogP contribution in [0.1, 0.15) is 35.2 Å². The molecule has 2 bridgehead atoms. The van der Waals surface area contributed by atoms with Crippen LogP contribution >= 0.6 is 0 Å². The SMILES string of the molecule is CO[C@]1(c2cccc(C(N)=O)c2)[C@@H]2CCC[C@H]1CN(C)C2. The number of primary amides is 1. The maximum Gasteiger partial charge on any atom is 0.248 e. The summed E-state index contributed by atoms with van der Waals surface area (Å²) in [6, 6.07) is 7.72. The Labute approximate surface area is 126 Å². The highest BCUT2D eigenvalue weighted by atomic mass is 16.5. The van der Waals surface area contributed by atoms with Crippen molar-refractivity contribution in [2.24, 2.45) is 17.6 Å². The van der Waals surface area contributed by atoms with Crippen molar-refractivity contribution in [2.75, 3.05) is 27.2 Å². The molecule has 0 radical (unpaired) electrons. The van der Waals surface area contributed by atoms with Gasteiger partial charge in [0, 0.05) is 37.6 Å². The lowest BCUT2D eigenvalue weighted by Crippen LogP contribution is -2.58. The van der Waals surface area contributed by atoms with E-state index in [9.17, 15) is 4.79 Å². The van der Waals surface area contributed by atoms with Crippen LogP contribution in [-0.4, -0.2) is 38.1 Å². The Kier molecular flexibility index (Phi) is 3.76. The molecule has 3 atom stereocenters. The fourth-order valence-electron chi connectivity index (χ4n) is 4.49. The van der Waals surface area contributed by atoms with Gasteiger partial charge in [-0.3, -0.25) is 4.79 Å². The normalized spacial score (nSPS) is 32.9. The third-order valence-corrected chi connectivity index (χ3v) is 5.32. The zero-order chi connectivity index (χ0) is 15.0. The molecule has 1 aliphatic carbocycles. The van der Waals surface area contributed by atoms with Crippen LogP contribution in [0.3, 0.4) is 0 Å². The molecule has 2 fully saturated rings. The van der Waals surface area contributed by atoms with Crippen molar-refractivity contribution >= 4 is 5.91 Å². The number of nitrogens with two attached hydrogens (primary N) is 1. The molecule has 0 spiro atoms. The summed E-state index contributed by atoms with van der Waals surface area (Å²) in [6.45, 7) is 2.09. The molecule has 1 saturated carbocycles. The number of likely N-dealkylation sites (tertiary alicyclic amines) is 1. The molecule has 0 aromatic heterocycles. The minimum atomic E-state index is -0.374. The average molecular weight is 288 g/mol. The van der Waals surface area contributed by atoms with E-state index in [4.69, 9.17) is 10.5 Å². The van der Waals surface area contributed by atoms with E-state index >= 15 is 0 Å². The van der Waals surface area contributed by atoms with Gasteiger partial charge in [-0.25, -0.2) is 0 Å². The number of carbonyl (C=O) groups excluding carboxylic acids is 1. The predicted octanol–water partition coefficient (Wildman–Crippen LogP) is 1.99. The van der Waals surface area contributed by atoms with Gasteiger partial charge in [-0.2, -0.15) is 0 Å². The van der Waals surface area contributed by atoms with E-state index in [0.29, 0.717) is 17.4 Å². The smallest absolute Gasteiger partial charge is 0.248 e. The van der Waals surface area contributed by atoms with E-state index in [0.717, 1.165) is 18.7 Å². The van der Waals surface area contributed by atoms with Crippen LogP contribution in [0.5, 0.6) is 0 Å². The molecule has 1 aromatic rings. The molecular formula is C17H24N2O2. The first kappa shape index (κ1) is 14.5. The summed E-state index contributed by atoms with van der Waals surface area (Å²) in [4.78, 5) is 13.9. The molecule has 0 unspecified atom stereocenters. The monoisotopic (exact) mass is 288 g/mol. The lowest BCUT2D eigenvalue weighted by molar-refractivity contribution is -0.165. The third kappa shape index (κ3) is 2.27. The molecule has 2 N–H and O–H groups in total. The number of hydrogen-bond donors (Lipinski definition) is 1. The molecule has 1 heterocycles. The first-order valence-corrected chi connectivity index (χ1v) is 7.72. The molecule has 1 aliphatic heterocycles. The van der Waals surface area contributed by atoms with Crippen molar-refractivity contribution < 1.29 is 9.53 Å². The van der Waals surface area contributed by atoms with Crippen LogP contribution in [0.2, 0.25) is 0 Å². The fraction of sp³-hybridized carbons (Fsp3) is 0.588. The Balaban J connectivity index is 2.07. The van der Waals surface area contributed by atoms with Crippen molar-refractivity contribution in [3.8, 4) is 0 Å². The second-order valence-corrected chi connectivity index (χ2v) is 6.49. The van der Waals surface area contributed by atoms with Crippen molar-refractivity contribution in [1.29, 1.82) is 0 Å². The first-order chi connectivity index (χ1) is 10.1. The Hall–Kier alpha value is -1.39. The molecule has 3 rings (SSSR count). The van der Waals surface area contributed by atoms with Gasteiger partial charge >= 0.3 is 0 Å². The fourth-order valence-corrected chi connectivity index (χ4v) is 4.49. The van der Waals surface area contributed by atoms with Crippen LogP contribution in [0, 0.1) is 11.8 Å². The second kappa shape index (κ2) is 5.43. The maximum absolute atomic E-state index is 11.5. The van der Waals surface area contributed by atoms with E-state index < -0.39 is 0 Å². The molecule has 4 nitrogen and oxygen atoms in total. The zero-order valence-corrected chi connectivity index (χ0v) is 12.8. The molecule has 1 saturated heterocycles. The molecule has 114 valence electrons. The molecular weight excluding hydrogens is 264 g/mol. The summed E-state index contributed by atoms with van der Waals surface area (Å²) >= 11 is 0. The van der Waals surface area contributed by atoms with Gasteiger partial charge < -0.3 is 15.4 Å². The minimum absolute atomic E-state index is 0.268. The standard InChI is InChI=1S/C17H24N2O2/c1-19-10-14-7-4-8-15(11-19)17(14,21-2)13-6-3-5-12(9-13)16(18)20/h3,5-6,9,14-15H,4,7-8,10-11H2,1-2H3,(H2,18,20)/t14-,15+,17-. The van der Waals surface area contributed by atoms with Crippen molar-refractivity contribution in [2.45, 2.75) is 24.9 Å². The topological polar surface area (TPSA) is 55.6 Å². The van der Waals surface area contributed by atoms with Crippen molar-refractivity contribution in [1.82, 2.24) is 4.90 Å². The lowest BCUT2D eigenvalue weighted by atomic mass is 9.62. The number of amides is 1. The van der Waals surface area contributed by atoms with Gasteiger partial charge in [-0.05, 0) is 37.6 Å². The highest BCUT2D eigenvalue weighted by molar-refractivity contribution is 5.92. The van der Waals surface area contributed by atoms with Gasteiger partial charge in [0.1, 0.15) is 5.60 Å². The Bertz CT molecular complexity index is 529. The van der Waals surface area contributed by atoms with Crippen molar-refractivity contribution in [3.05, 3.63) is 35.4 Å². The Morgan fingerprint density at radius 3 is 2.57 bits per heavy atom. The molecule has 1 amide bonds. The van der Waals surface area contributed by atoms with E-state index in [-0.39, 0.29) is 11.5 Å². The zero-order valence-electron chi connectivity index (χ0n) is 12.8. The Morgan fingerprint density at radius 2 is 2.00 bits per heavy atom. The van der Waals surface area contributed by atoms with Crippen molar-refractivity contribution in [3.63, 3.8) is 0 Å². The largest absolute Gasteiger partial charge is 0.373 e. The van der Waals surface area contributed by atoms with E-state index in [1.54, 1.807) is 6.07 Å². The summed E-state index contributed by atoms with van der Waals surface area (Å²) in [5, 5.41) is 0. The second-order valence-electron chi connectivity index (χ2n) is 6.49. The Morgan fingerprint density at radius 1 is 1.33 bits per heavy atom. The number of ether oxygens (including phenoxy) is 1. The number of fused-ring (bicyclic) bond motifs is 2. The van der Waals surface area contributed by atoms with E-state index in [1.165, 1.54) is 19.3 Å². The van der Waals surface area contributed by atoms with Gasteiger partial charge in [0.2, 0.25) is 5.91 Å². The molecule has 4 heteroatoms. The number of carbonyl (C=O) groups is 1. The summed E-state index contributed by atoms with van der Waals surface area (Å²) in [5.41, 5.74) is 6.86. The number of hydrogen-bond acceptors (Lipinski definition) is 3. The number of methoxy groups -OCH3 is 1. The molecule has 2 aliphatic rings. The van der Waals surface area contributed by atoms with Gasteiger partial charge in [0.15, 0.2) is 0 Å².